The van der Waals surface area contributed by atoms with Gasteiger partial charge >= 0.3 is 11.9 Å². The van der Waals surface area contributed by atoms with Crippen molar-refractivity contribution in [2.45, 2.75) is 26.9 Å². The SMILES string of the molecule is C#Cc1cc2c(s1)C(c1ccccc1C)=NCc1c(C(=O)OCOCOC(=O)c3ncn4c3CN=C(c3ccccc3C)c3sc(C#C)cc3-4)ncn1-2. The molecule has 0 amide bonds. The molecule has 0 aliphatic carbocycles. The number of nitrogens with zero attached hydrogens (tertiary/aromatic N) is 6. The van der Waals surface area contributed by atoms with Crippen LogP contribution in [0.3, 0.4) is 0 Å². The molecule has 8 rings (SSSR count). The first-order valence-electron chi connectivity index (χ1n) is 16.3. The van der Waals surface area contributed by atoms with Crippen LogP contribution in [0.5, 0.6) is 0 Å². The van der Waals surface area contributed by atoms with Gasteiger partial charge in [-0.15, -0.1) is 35.5 Å². The van der Waals surface area contributed by atoms with Gasteiger partial charge in [0.15, 0.2) is 25.0 Å². The summed E-state index contributed by atoms with van der Waals surface area (Å²) in [7, 11) is 0. The lowest BCUT2D eigenvalue weighted by Crippen LogP contribution is -2.16. The number of thiophene rings is 2. The third kappa shape index (κ3) is 6.07. The van der Waals surface area contributed by atoms with Crippen LogP contribution < -0.4 is 0 Å². The minimum atomic E-state index is -0.715. The van der Waals surface area contributed by atoms with E-state index in [4.69, 9.17) is 37.0 Å². The number of benzene rings is 2. The maximum Gasteiger partial charge on any atom is 0.361 e. The van der Waals surface area contributed by atoms with Crippen molar-refractivity contribution < 1.29 is 23.8 Å². The number of ether oxygens (including phenoxy) is 3. The topological polar surface area (TPSA) is 122 Å². The van der Waals surface area contributed by atoms with Crippen molar-refractivity contribution >= 4 is 46.0 Å². The summed E-state index contributed by atoms with van der Waals surface area (Å²) in [5, 5.41) is 0. The van der Waals surface area contributed by atoms with Crippen LogP contribution in [0.1, 0.15) is 74.1 Å². The Morgan fingerprint density at radius 3 is 1.57 bits per heavy atom. The van der Waals surface area contributed by atoms with E-state index in [-0.39, 0.29) is 24.5 Å². The summed E-state index contributed by atoms with van der Waals surface area (Å²) in [5.41, 5.74) is 8.51. The molecule has 0 saturated heterocycles. The second-order valence-corrected chi connectivity index (χ2v) is 14.1. The van der Waals surface area contributed by atoms with Crippen LogP contribution >= 0.6 is 22.7 Å². The molecular formula is C40H28N6O5S2. The van der Waals surface area contributed by atoms with E-state index in [0.717, 1.165) is 64.6 Å². The van der Waals surface area contributed by atoms with Gasteiger partial charge in [0.1, 0.15) is 12.7 Å². The van der Waals surface area contributed by atoms with E-state index in [1.165, 1.54) is 22.7 Å². The van der Waals surface area contributed by atoms with Gasteiger partial charge in [0.25, 0.3) is 0 Å². The number of hydrogen-bond donors (Lipinski definition) is 0. The highest BCUT2D eigenvalue weighted by molar-refractivity contribution is 7.15. The zero-order chi connectivity index (χ0) is 36.6. The highest BCUT2D eigenvalue weighted by Crippen LogP contribution is 2.35. The number of carbonyl (C=O) groups is 2. The number of aryl methyl sites for hydroxylation is 2. The molecule has 0 atom stereocenters. The lowest BCUT2D eigenvalue weighted by molar-refractivity contribution is -0.0935. The molecule has 2 aliphatic rings. The van der Waals surface area contributed by atoms with Crippen LogP contribution in [0.25, 0.3) is 11.4 Å². The summed E-state index contributed by atoms with van der Waals surface area (Å²) >= 11 is 2.91. The summed E-state index contributed by atoms with van der Waals surface area (Å²) in [6, 6.07) is 19.7. The molecule has 13 heteroatoms. The molecule has 6 heterocycles. The van der Waals surface area contributed by atoms with E-state index in [9.17, 15) is 9.59 Å². The average molecular weight is 737 g/mol. The number of fused-ring (bicyclic) bond motifs is 6. The maximum absolute atomic E-state index is 13.2. The minimum absolute atomic E-state index is 0.0897. The molecule has 0 fully saturated rings. The Morgan fingerprint density at radius 1 is 0.717 bits per heavy atom. The first-order chi connectivity index (χ1) is 25.9. The number of terminal acetylenes is 2. The van der Waals surface area contributed by atoms with Gasteiger partial charge in [-0.25, -0.2) is 19.6 Å². The van der Waals surface area contributed by atoms with Crippen molar-refractivity contribution in [3.8, 4) is 36.1 Å². The third-order valence-electron chi connectivity index (χ3n) is 8.90. The molecule has 0 unspecified atom stereocenters. The van der Waals surface area contributed by atoms with Gasteiger partial charge in [0.05, 0.1) is 66.8 Å². The van der Waals surface area contributed by atoms with E-state index in [1.54, 1.807) is 12.7 Å². The number of imidazole rings is 2. The molecule has 11 nitrogen and oxygen atoms in total. The van der Waals surface area contributed by atoms with E-state index >= 15 is 0 Å². The van der Waals surface area contributed by atoms with Crippen LogP contribution in [-0.2, 0) is 27.3 Å². The Bertz CT molecular complexity index is 2430. The lowest BCUT2D eigenvalue weighted by Gasteiger charge is -2.08. The molecular weight excluding hydrogens is 709 g/mol. The van der Waals surface area contributed by atoms with Gasteiger partial charge < -0.3 is 14.2 Å². The van der Waals surface area contributed by atoms with Crippen molar-refractivity contribution in [2.75, 3.05) is 13.6 Å². The predicted molar refractivity (Wildman–Crippen MR) is 201 cm³/mol. The van der Waals surface area contributed by atoms with Crippen molar-refractivity contribution in [1.29, 1.82) is 0 Å². The summed E-state index contributed by atoms with van der Waals surface area (Å²) in [4.78, 5) is 48.2. The zero-order valence-corrected chi connectivity index (χ0v) is 30.1. The molecule has 4 aromatic heterocycles. The predicted octanol–water partition coefficient (Wildman–Crippen LogP) is 6.41. The van der Waals surface area contributed by atoms with E-state index in [0.29, 0.717) is 11.4 Å². The number of aliphatic imine (C=N–C) groups is 2. The van der Waals surface area contributed by atoms with Crippen LogP contribution in [0.15, 0.2) is 83.3 Å². The zero-order valence-electron chi connectivity index (χ0n) is 28.5. The Balaban J connectivity index is 0.942. The van der Waals surface area contributed by atoms with E-state index < -0.39 is 25.5 Å². The Labute approximate surface area is 312 Å². The second-order valence-electron chi connectivity index (χ2n) is 12.0. The molecule has 2 aliphatic heterocycles. The molecule has 53 heavy (non-hydrogen) atoms. The van der Waals surface area contributed by atoms with Crippen molar-refractivity contribution in [3.05, 3.63) is 138 Å². The van der Waals surface area contributed by atoms with Crippen LogP contribution in [0.4, 0.5) is 0 Å². The van der Waals surface area contributed by atoms with Crippen LogP contribution in [0, 0.1) is 38.5 Å². The standard InChI is InChI=1S/C40H28N6O5S2/c1-5-25-15-29-37(52-25)33(27-13-9-7-11-23(27)3)41-17-31-35(43-19-45(29)31)39(47)50-21-49-22-51-40(48)36-32-18-42-34(28-14-10-8-12-24(28)4)38-30(46(32)20-44-36)16-26(6-2)53-38/h1-2,7-16,19-20H,17-18,21-22H2,3-4H3. The quantitative estimate of drug-likeness (QED) is 0.0767. The number of hydrogen-bond acceptors (Lipinski definition) is 11. The highest BCUT2D eigenvalue weighted by Gasteiger charge is 2.29. The first kappa shape index (κ1) is 33.7. The second kappa shape index (κ2) is 14.0. The van der Waals surface area contributed by atoms with Crippen LogP contribution in [0.2, 0.25) is 0 Å². The maximum atomic E-state index is 13.2. The molecule has 260 valence electrons. The summed E-state index contributed by atoms with van der Waals surface area (Å²) in [5.74, 6) is 3.99. The fourth-order valence-electron chi connectivity index (χ4n) is 6.31. The molecule has 0 spiro atoms. The minimum Gasteiger partial charge on any atom is -0.434 e. The Morgan fingerprint density at radius 2 is 1.15 bits per heavy atom. The van der Waals surface area contributed by atoms with Gasteiger partial charge in [-0.1, -0.05) is 60.4 Å². The van der Waals surface area contributed by atoms with Crippen LogP contribution in [-0.4, -0.2) is 56.1 Å². The molecule has 2 aromatic carbocycles. The van der Waals surface area contributed by atoms with Gasteiger partial charge in [-0.05, 0) is 37.1 Å². The Hall–Kier alpha value is -6.38. The number of aromatic nitrogens is 4. The molecule has 0 bridgehead atoms. The number of esters is 2. The molecule has 0 radical (unpaired) electrons. The van der Waals surface area contributed by atoms with E-state index in [2.05, 4.69) is 21.8 Å². The largest absolute Gasteiger partial charge is 0.434 e. The number of carbonyl (C=O) groups excluding carboxylic acids is 2. The monoisotopic (exact) mass is 736 g/mol. The summed E-state index contributed by atoms with van der Waals surface area (Å²) < 4.78 is 19.8. The van der Waals surface area contributed by atoms with Crippen molar-refractivity contribution in [1.82, 2.24) is 19.1 Å². The van der Waals surface area contributed by atoms with E-state index in [1.807, 2.05) is 83.6 Å². The van der Waals surface area contributed by atoms with Gasteiger partial charge in [0, 0.05) is 11.1 Å². The fraction of sp³-hybridized carbons (Fsp3) is 0.150. The first-order valence-corrected chi connectivity index (χ1v) is 18.0. The van der Waals surface area contributed by atoms with Crippen molar-refractivity contribution in [2.24, 2.45) is 9.98 Å². The molecule has 0 N–H and O–H groups in total. The average Bonchev–Trinajstić information content (AvgIpc) is 3.95. The van der Waals surface area contributed by atoms with Gasteiger partial charge in [-0.3, -0.25) is 19.1 Å². The smallest absolute Gasteiger partial charge is 0.361 e. The summed E-state index contributed by atoms with van der Waals surface area (Å²) in [6.45, 7) is 3.44. The number of rotatable bonds is 8. The summed E-state index contributed by atoms with van der Waals surface area (Å²) in [6.07, 6.45) is 14.6. The molecule has 0 saturated carbocycles. The van der Waals surface area contributed by atoms with Crippen molar-refractivity contribution in [3.63, 3.8) is 0 Å². The normalized spacial score (nSPS) is 12.8. The van der Waals surface area contributed by atoms with Gasteiger partial charge in [0.2, 0.25) is 0 Å². The Kier molecular flexibility index (Phi) is 8.90. The fourth-order valence-corrected chi connectivity index (χ4v) is 8.28. The molecule has 6 aromatic rings. The third-order valence-corrected chi connectivity index (χ3v) is 11.0. The lowest BCUT2D eigenvalue weighted by atomic mass is 10.0. The highest BCUT2D eigenvalue weighted by atomic mass is 32.1. The van der Waals surface area contributed by atoms with Gasteiger partial charge in [-0.2, -0.15) is 0 Å².